The van der Waals surface area contributed by atoms with Crippen LogP contribution in [0.25, 0.3) is 5.57 Å². The number of methoxy groups -OCH3 is 2. The Kier molecular flexibility index (Phi) is 7.91. The van der Waals surface area contributed by atoms with Crippen molar-refractivity contribution < 1.29 is 23.8 Å². The molecule has 0 radical (unpaired) electrons. The monoisotopic (exact) mass is 369 g/mol. The SMILES string of the molecule is COC=C(C(=O)OC)c1ccccc1COC(C)=NOCc1ccccc1. The number of hydrogen-bond donors (Lipinski definition) is 0. The molecule has 6 nitrogen and oxygen atoms in total. The van der Waals surface area contributed by atoms with Crippen molar-refractivity contribution in [2.45, 2.75) is 20.1 Å². The molecule has 0 fully saturated rings. The number of oxime groups is 1. The Morgan fingerprint density at radius 3 is 2.41 bits per heavy atom. The Bertz CT molecular complexity index is 799. The number of ether oxygens (including phenoxy) is 3. The van der Waals surface area contributed by atoms with Crippen molar-refractivity contribution in [3.05, 3.63) is 77.5 Å². The zero-order valence-corrected chi connectivity index (χ0v) is 15.7. The molecular weight excluding hydrogens is 346 g/mol. The first-order valence-corrected chi connectivity index (χ1v) is 8.38. The predicted octanol–water partition coefficient (Wildman–Crippen LogP) is 3.91. The summed E-state index contributed by atoms with van der Waals surface area (Å²) < 4.78 is 15.5. The van der Waals surface area contributed by atoms with Crippen LogP contribution in [-0.4, -0.2) is 26.1 Å². The van der Waals surface area contributed by atoms with E-state index in [2.05, 4.69) is 5.16 Å². The summed E-state index contributed by atoms with van der Waals surface area (Å²) in [6, 6.07) is 17.1. The molecule has 0 aromatic heterocycles. The molecule has 142 valence electrons. The zero-order valence-electron chi connectivity index (χ0n) is 15.7. The highest BCUT2D eigenvalue weighted by molar-refractivity contribution is 6.16. The minimum atomic E-state index is -0.485. The van der Waals surface area contributed by atoms with Crippen LogP contribution in [-0.2, 0) is 37.1 Å². The molecule has 0 aliphatic carbocycles. The summed E-state index contributed by atoms with van der Waals surface area (Å²) in [6.45, 7) is 2.29. The number of benzene rings is 2. The van der Waals surface area contributed by atoms with Gasteiger partial charge in [0.25, 0.3) is 0 Å². The second-order valence-electron chi connectivity index (χ2n) is 5.57. The summed E-state index contributed by atoms with van der Waals surface area (Å²) in [5.74, 6) is -0.100. The fourth-order valence-corrected chi connectivity index (χ4v) is 2.34. The molecule has 6 heteroatoms. The highest BCUT2D eigenvalue weighted by atomic mass is 16.6. The van der Waals surface area contributed by atoms with Gasteiger partial charge in [-0.3, -0.25) is 0 Å². The van der Waals surface area contributed by atoms with Crippen LogP contribution in [0.5, 0.6) is 0 Å². The van der Waals surface area contributed by atoms with Gasteiger partial charge in [0.2, 0.25) is 5.90 Å². The van der Waals surface area contributed by atoms with Gasteiger partial charge in [0, 0.05) is 6.92 Å². The van der Waals surface area contributed by atoms with E-state index < -0.39 is 5.97 Å². The normalized spacial score (nSPS) is 11.7. The number of rotatable bonds is 8. The number of carbonyl (C=O) groups excluding carboxylic acids is 1. The second kappa shape index (κ2) is 10.7. The van der Waals surface area contributed by atoms with Gasteiger partial charge in [-0.15, -0.1) is 0 Å². The molecule has 2 rings (SSSR count). The molecule has 2 aromatic carbocycles. The lowest BCUT2D eigenvalue weighted by Crippen LogP contribution is -2.09. The van der Waals surface area contributed by atoms with Gasteiger partial charge in [0.1, 0.15) is 18.8 Å². The summed E-state index contributed by atoms with van der Waals surface area (Å²) in [7, 11) is 2.80. The van der Waals surface area contributed by atoms with Gasteiger partial charge in [-0.1, -0.05) is 59.8 Å². The molecule has 0 N–H and O–H groups in total. The first-order valence-electron chi connectivity index (χ1n) is 8.38. The fraction of sp³-hybridized carbons (Fsp3) is 0.238. The summed E-state index contributed by atoms with van der Waals surface area (Å²) in [5, 5.41) is 3.96. The van der Waals surface area contributed by atoms with Gasteiger partial charge >= 0.3 is 5.97 Å². The molecule has 0 heterocycles. The molecule has 0 saturated heterocycles. The van der Waals surface area contributed by atoms with Crippen molar-refractivity contribution in [2.75, 3.05) is 14.2 Å². The molecular formula is C21H23NO5. The molecule has 0 spiro atoms. The van der Waals surface area contributed by atoms with Gasteiger partial charge in [0.05, 0.1) is 20.5 Å². The van der Waals surface area contributed by atoms with E-state index in [0.29, 0.717) is 23.6 Å². The van der Waals surface area contributed by atoms with E-state index in [1.165, 1.54) is 20.5 Å². The van der Waals surface area contributed by atoms with Crippen molar-refractivity contribution in [2.24, 2.45) is 5.16 Å². The van der Waals surface area contributed by atoms with Crippen LogP contribution in [0.2, 0.25) is 0 Å². The lowest BCUT2D eigenvalue weighted by Gasteiger charge is -2.12. The van der Waals surface area contributed by atoms with Crippen LogP contribution in [0, 0.1) is 0 Å². The summed E-state index contributed by atoms with van der Waals surface area (Å²) in [5.41, 5.74) is 2.80. The molecule has 0 bridgehead atoms. The van der Waals surface area contributed by atoms with Crippen molar-refractivity contribution in [1.82, 2.24) is 0 Å². The Morgan fingerprint density at radius 1 is 1.00 bits per heavy atom. The smallest absolute Gasteiger partial charge is 0.341 e. The van der Waals surface area contributed by atoms with Crippen LogP contribution in [0.4, 0.5) is 0 Å². The van der Waals surface area contributed by atoms with Crippen molar-refractivity contribution in [1.29, 1.82) is 0 Å². The summed E-state index contributed by atoms with van der Waals surface area (Å²) >= 11 is 0. The number of esters is 1. The van der Waals surface area contributed by atoms with Crippen molar-refractivity contribution >= 4 is 17.4 Å². The third kappa shape index (κ3) is 6.18. The first-order chi connectivity index (χ1) is 13.2. The molecule has 0 aliphatic rings. The van der Waals surface area contributed by atoms with E-state index in [1.807, 2.05) is 48.5 Å². The van der Waals surface area contributed by atoms with Crippen molar-refractivity contribution in [3.63, 3.8) is 0 Å². The molecule has 0 unspecified atom stereocenters. The first kappa shape index (κ1) is 20.0. The Morgan fingerprint density at radius 2 is 1.70 bits per heavy atom. The standard InChI is InChI=1S/C21H23NO5/c1-16(22-27-13-17-9-5-4-6-10-17)26-14-18-11-7-8-12-19(18)20(15-24-2)21(23)25-3/h4-12,15H,13-14H2,1-3H3. The highest BCUT2D eigenvalue weighted by Crippen LogP contribution is 2.21. The average Bonchev–Trinajstić information content (AvgIpc) is 2.71. The average molecular weight is 369 g/mol. The molecule has 2 aromatic rings. The van der Waals surface area contributed by atoms with E-state index in [4.69, 9.17) is 19.0 Å². The van der Waals surface area contributed by atoms with Gasteiger partial charge in [-0.25, -0.2) is 4.79 Å². The van der Waals surface area contributed by atoms with Gasteiger partial charge in [0.15, 0.2) is 0 Å². The number of nitrogens with zero attached hydrogens (tertiary/aromatic N) is 1. The van der Waals surface area contributed by atoms with Crippen LogP contribution in [0.15, 0.2) is 66.0 Å². The lowest BCUT2D eigenvalue weighted by molar-refractivity contribution is -0.133. The summed E-state index contributed by atoms with van der Waals surface area (Å²) in [6.07, 6.45) is 1.36. The van der Waals surface area contributed by atoms with Crippen LogP contribution in [0.1, 0.15) is 23.6 Å². The molecule has 0 atom stereocenters. The Labute approximate surface area is 159 Å². The van der Waals surface area contributed by atoms with Gasteiger partial charge < -0.3 is 19.0 Å². The van der Waals surface area contributed by atoms with Crippen LogP contribution in [0.3, 0.4) is 0 Å². The minimum Gasteiger partial charge on any atom is -0.503 e. The van der Waals surface area contributed by atoms with E-state index in [1.54, 1.807) is 13.0 Å². The number of carbonyl (C=O) groups is 1. The minimum absolute atomic E-state index is 0.220. The van der Waals surface area contributed by atoms with Gasteiger partial charge in [-0.2, -0.15) is 0 Å². The lowest BCUT2D eigenvalue weighted by atomic mass is 10.0. The molecule has 27 heavy (non-hydrogen) atoms. The molecule has 0 saturated carbocycles. The van der Waals surface area contributed by atoms with E-state index in [-0.39, 0.29) is 6.61 Å². The van der Waals surface area contributed by atoms with E-state index in [0.717, 1.165) is 11.1 Å². The van der Waals surface area contributed by atoms with Crippen LogP contribution >= 0.6 is 0 Å². The number of hydrogen-bond acceptors (Lipinski definition) is 6. The maximum Gasteiger partial charge on any atom is 0.341 e. The highest BCUT2D eigenvalue weighted by Gasteiger charge is 2.16. The Balaban J connectivity index is 2.02. The van der Waals surface area contributed by atoms with Crippen LogP contribution < -0.4 is 0 Å². The maximum absolute atomic E-state index is 12.0. The predicted molar refractivity (Wildman–Crippen MR) is 103 cm³/mol. The second-order valence-corrected chi connectivity index (χ2v) is 5.57. The fourth-order valence-electron chi connectivity index (χ4n) is 2.34. The quantitative estimate of drug-likeness (QED) is 0.176. The zero-order chi connectivity index (χ0) is 19.5. The third-order valence-corrected chi connectivity index (χ3v) is 3.65. The third-order valence-electron chi connectivity index (χ3n) is 3.65. The van der Waals surface area contributed by atoms with E-state index >= 15 is 0 Å². The van der Waals surface area contributed by atoms with Gasteiger partial charge in [-0.05, 0) is 16.7 Å². The molecule has 0 aliphatic heterocycles. The maximum atomic E-state index is 12.0. The molecule has 0 amide bonds. The van der Waals surface area contributed by atoms with Crippen molar-refractivity contribution in [3.8, 4) is 0 Å². The Hall–Kier alpha value is -3.28. The van der Waals surface area contributed by atoms with E-state index in [9.17, 15) is 4.79 Å². The largest absolute Gasteiger partial charge is 0.503 e. The topological polar surface area (TPSA) is 66.4 Å². The summed E-state index contributed by atoms with van der Waals surface area (Å²) in [4.78, 5) is 17.3.